The summed E-state index contributed by atoms with van der Waals surface area (Å²) in [6, 6.07) is 16.9. The monoisotopic (exact) mass is 391 g/mol. The summed E-state index contributed by atoms with van der Waals surface area (Å²) < 4.78 is 5.28. The number of hydrogen-bond donors (Lipinski definition) is 2. The molecule has 0 aliphatic carbocycles. The van der Waals surface area contributed by atoms with Crippen molar-refractivity contribution in [2.75, 3.05) is 11.9 Å². The van der Waals surface area contributed by atoms with Crippen LogP contribution in [0.3, 0.4) is 0 Å². The number of pyridine rings is 1. The van der Waals surface area contributed by atoms with E-state index in [9.17, 15) is 9.59 Å². The zero-order valence-corrected chi connectivity index (χ0v) is 16.8. The predicted octanol–water partition coefficient (Wildman–Crippen LogP) is 4.48. The molecular formula is C23H25N3O3. The second-order valence-electron chi connectivity index (χ2n) is 7.77. The Morgan fingerprint density at radius 3 is 2.52 bits per heavy atom. The van der Waals surface area contributed by atoms with Crippen LogP contribution in [0.15, 0.2) is 67.0 Å². The van der Waals surface area contributed by atoms with Crippen LogP contribution in [0.5, 0.6) is 0 Å². The molecule has 1 heterocycles. The fourth-order valence-electron chi connectivity index (χ4n) is 2.94. The van der Waals surface area contributed by atoms with Crippen molar-refractivity contribution in [1.29, 1.82) is 0 Å². The van der Waals surface area contributed by atoms with Crippen LogP contribution in [-0.4, -0.2) is 29.1 Å². The van der Waals surface area contributed by atoms with Gasteiger partial charge in [0.1, 0.15) is 5.60 Å². The van der Waals surface area contributed by atoms with Crippen molar-refractivity contribution < 1.29 is 14.3 Å². The van der Waals surface area contributed by atoms with Gasteiger partial charge in [0.15, 0.2) is 0 Å². The molecule has 0 saturated heterocycles. The maximum absolute atomic E-state index is 13.0. The van der Waals surface area contributed by atoms with Crippen LogP contribution in [0, 0.1) is 0 Å². The lowest BCUT2D eigenvalue weighted by Gasteiger charge is -2.22. The van der Waals surface area contributed by atoms with Crippen molar-refractivity contribution in [2.45, 2.75) is 32.3 Å². The molecule has 0 unspecified atom stereocenters. The van der Waals surface area contributed by atoms with E-state index in [2.05, 4.69) is 15.6 Å². The first kappa shape index (κ1) is 20.3. The molecule has 2 amide bonds. The number of benzene rings is 2. The smallest absolute Gasteiger partial charge is 0.407 e. The number of nitrogens with zero attached hydrogens (tertiary/aromatic N) is 1. The number of ether oxygens (including phenoxy) is 1. The first-order chi connectivity index (χ1) is 13.8. The first-order valence-corrected chi connectivity index (χ1v) is 9.48. The van der Waals surface area contributed by atoms with E-state index in [4.69, 9.17) is 4.74 Å². The Bertz CT molecular complexity index is 997. The lowest BCUT2D eigenvalue weighted by atomic mass is 9.98. The van der Waals surface area contributed by atoms with Gasteiger partial charge in [-0.25, -0.2) is 4.79 Å². The molecule has 2 N–H and O–H groups in total. The summed E-state index contributed by atoms with van der Waals surface area (Å²) in [4.78, 5) is 29.2. The standard InChI is InChI=1S/C23H25N3O3/c1-23(2,3)29-22(28)25-15-20(16-7-5-4-6-8-16)21(27)26-19-10-9-18-14-24-12-11-17(18)13-19/h4-14,20H,15H2,1-3H3,(H,25,28)(H,26,27)/t20-/m1/s1. The van der Waals surface area contributed by atoms with Crippen molar-refractivity contribution in [1.82, 2.24) is 10.3 Å². The molecule has 1 atom stereocenters. The number of carbonyl (C=O) groups is 2. The molecule has 2 aromatic carbocycles. The molecule has 0 radical (unpaired) electrons. The number of aromatic nitrogens is 1. The van der Waals surface area contributed by atoms with Gasteiger partial charge >= 0.3 is 6.09 Å². The largest absolute Gasteiger partial charge is 0.444 e. The molecule has 0 aliphatic heterocycles. The highest BCUT2D eigenvalue weighted by Gasteiger charge is 2.23. The molecule has 29 heavy (non-hydrogen) atoms. The van der Waals surface area contributed by atoms with Crippen molar-refractivity contribution in [3.8, 4) is 0 Å². The van der Waals surface area contributed by atoms with Crippen LogP contribution < -0.4 is 10.6 Å². The van der Waals surface area contributed by atoms with Gasteiger partial charge in [-0.1, -0.05) is 36.4 Å². The molecule has 1 aromatic heterocycles. The zero-order chi connectivity index (χ0) is 20.9. The Labute approximate surface area is 170 Å². The fourth-order valence-corrected chi connectivity index (χ4v) is 2.94. The van der Waals surface area contributed by atoms with Gasteiger partial charge < -0.3 is 15.4 Å². The van der Waals surface area contributed by atoms with E-state index in [1.54, 1.807) is 33.2 Å². The van der Waals surface area contributed by atoms with Gasteiger partial charge in [-0.05, 0) is 49.9 Å². The molecule has 3 aromatic rings. The van der Waals surface area contributed by atoms with Crippen LogP contribution in [-0.2, 0) is 9.53 Å². The Kier molecular flexibility index (Phi) is 6.12. The second-order valence-corrected chi connectivity index (χ2v) is 7.77. The molecule has 0 fully saturated rings. The van der Waals surface area contributed by atoms with Crippen LogP contribution in [0.4, 0.5) is 10.5 Å². The van der Waals surface area contributed by atoms with Gasteiger partial charge in [0.25, 0.3) is 0 Å². The lowest BCUT2D eigenvalue weighted by Crippen LogP contribution is -2.37. The van der Waals surface area contributed by atoms with Crippen molar-refractivity contribution in [3.63, 3.8) is 0 Å². The Balaban J connectivity index is 1.75. The molecule has 0 aliphatic rings. The minimum atomic E-state index is -0.603. The van der Waals surface area contributed by atoms with Gasteiger partial charge in [-0.2, -0.15) is 0 Å². The number of alkyl carbamates (subject to hydrolysis) is 1. The molecule has 0 spiro atoms. The highest BCUT2D eigenvalue weighted by atomic mass is 16.6. The van der Waals surface area contributed by atoms with Gasteiger partial charge in [0, 0.05) is 30.0 Å². The average molecular weight is 391 g/mol. The molecular weight excluding hydrogens is 366 g/mol. The Morgan fingerprint density at radius 2 is 1.79 bits per heavy atom. The molecule has 0 saturated carbocycles. The highest BCUT2D eigenvalue weighted by Crippen LogP contribution is 2.21. The summed E-state index contributed by atoms with van der Waals surface area (Å²) in [5.74, 6) is -0.766. The fraction of sp³-hybridized carbons (Fsp3) is 0.261. The third-order valence-corrected chi connectivity index (χ3v) is 4.28. The maximum atomic E-state index is 13.0. The SMILES string of the molecule is CC(C)(C)OC(=O)NC[C@@H](C(=O)Nc1ccc2cnccc2c1)c1ccccc1. The summed E-state index contributed by atoms with van der Waals surface area (Å²) >= 11 is 0. The Morgan fingerprint density at radius 1 is 1.03 bits per heavy atom. The van der Waals surface area contributed by atoms with E-state index in [0.717, 1.165) is 16.3 Å². The van der Waals surface area contributed by atoms with Gasteiger partial charge in [0.2, 0.25) is 5.91 Å². The number of anilines is 1. The number of rotatable bonds is 5. The molecule has 6 heteroatoms. The predicted molar refractivity (Wildman–Crippen MR) is 114 cm³/mol. The van der Waals surface area contributed by atoms with Gasteiger partial charge in [0.05, 0.1) is 5.92 Å². The molecule has 3 rings (SSSR count). The summed E-state index contributed by atoms with van der Waals surface area (Å²) in [5, 5.41) is 7.64. The van der Waals surface area contributed by atoms with Crippen LogP contribution in [0.1, 0.15) is 32.3 Å². The minimum Gasteiger partial charge on any atom is -0.444 e. The molecule has 150 valence electrons. The zero-order valence-electron chi connectivity index (χ0n) is 16.8. The summed E-state index contributed by atoms with van der Waals surface area (Å²) in [5.41, 5.74) is 0.895. The van der Waals surface area contributed by atoms with Gasteiger partial charge in [-0.3, -0.25) is 9.78 Å². The lowest BCUT2D eigenvalue weighted by molar-refractivity contribution is -0.117. The number of carbonyl (C=O) groups excluding carboxylic acids is 2. The normalized spacial score (nSPS) is 12.2. The minimum absolute atomic E-state index is 0.127. The molecule has 0 bridgehead atoms. The summed E-state index contributed by atoms with van der Waals surface area (Å²) in [6.45, 7) is 5.51. The maximum Gasteiger partial charge on any atom is 0.407 e. The van der Waals surface area contributed by atoms with Crippen molar-refractivity contribution in [2.24, 2.45) is 0 Å². The first-order valence-electron chi connectivity index (χ1n) is 9.48. The number of hydrogen-bond acceptors (Lipinski definition) is 4. The van der Waals surface area contributed by atoms with E-state index in [-0.39, 0.29) is 12.5 Å². The topological polar surface area (TPSA) is 80.3 Å². The van der Waals surface area contributed by atoms with Crippen molar-refractivity contribution >= 4 is 28.5 Å². The van der Waals surface area contributed by atoms with Crippen molar-refractivity contribution in [3.05, 3.63) is 72.6 Å². The van der Waals surface area contributed by atoms with E-state index in [1.165, 1.54) is 0 Å². The quantitative estimate of drug-likeness (QED) is 0.672. The van der Waals surface area contributed by atoms with Crippen LogP contribution in [0.2, 0.25) is 0 Å². The van der Waals surface area contributed by atoms with Crippen LogP contribution >= 0.6 is 0 Å². The summed E-state index contributed by atoms with van der Waals surface area (Å²) in [6.07, 6.45) is 2.94. The number of fused-ring (bicyclic) bond motifs is 1. The van der Waals surface area contributed by atoms with E-state index < -0.39 is 17.6 Å². The number of nitrogens with one attached hydrogen (secondary N) is 2. The molecule has 6 nitrogen and oxygen atoms in total. The third kappa shape index (κ3) is 5.78. The van der Waals surface area contributed by atoms with Gasteiger partial charge in [-0.15, -0.1) is 0 Å². The average Bonchev–Trinajstić information content (AvgIpc) is 2.67. The van der Waals surface area contributed by atoms with Crippen LogP contribution in [0.25, 0.3) is 10.8 Å². The summed E-state index contributed by atoms with van der Waals surface area (Å²) in [7, 11) is 0. The second kappa shape index (κ2) is 8.73. The Hall–Kier alpha value is -3.41. The third-order valence-electron chi connectivity index (χ3n) is 4.28. The van der Waals surface area contributed by atoms with E-state index in [1.807, 2.05) is 54.6 Å². The van der Waals surface area contributed by atoms with E-state index >= 15 is 0 Å². The highest BCUT2D eigenvalue weighted by molar-refractivity contribution is 5.98. The van der Waals surface area contributed by atoms with E-state index in [0.29, 0.717) is 5.69 Å². The number of amides is 2.